The number of fused-ring (bicyclic) bond motifs is 2. The molecule has 6 nitrogen and oxygen atoms in total. The molecule has 2 aliphatic heterocycles. The Balaban J connectivity index is 1.47. The number of nitrogens with zero attached hydrogens (tertiary/aromatic N) is 4. The number of para-hydroxylation sites is 1. The van der Waals surface area contributed by atoms with Gasteiger partial charge in [-0.15, -0.1) is 0 Å². The van der Waals surface area contributed by atoms with E-state index < -0.39 is 0 Å². The monoisotopic (exact) mass is 542 g/mol. The van der Waals surface area contributed by atoms with Crippen molar-refractivity contribution in [2.24, 2.45) is 0 Å². The minimum Gasteiger partial charge on any atom is -0.325 e. The summed E-state index contributed by atoms with van der Waals surface area (Å²) in [6.07, 6.45) is 5.26. The van der Waals surface area contributed by atoms with Crippen molar-refractivity contribution in [2.45, 2.75) is 26.3 Å². The Hall–Kier alpha value is -3.82. The van der Waals surface area contributed by atoms with Crippen LogP contribution in [0.3, 0.4) is 0 Å². The number of amides is 1. The van der Waals surface area contributed by atoms with Gasteiger partial charge in [-0.05, 0) is 66.8 Å². The van der Waals surface area contributed by atoms with Gasteiger partial charge in [0, 0.05) is 18.4 Å². The molecule has 0 bridgehead atoms. The highest BCUT2D eigenvalue weighted by Crippen LogP contribution is 2.37. The molecule has 190 valence electrons. The third kappa shape index (κ3) is 4.41. The van der Waals surface area contributed by atoms with E-state index in [4.69, 9.17) is 17.2 Å². The first-order chi connectivity index (χ1) is 18.4. The second kappa shape index (κ2) is 9.81. The average molecular weight is 543 g/mol. The van der Waals surface area contributed by atoms with Gasteiger partial charge >= 0.3 is 0 Å². The molecule has 0 spiro atoms. The lowest BCUT2D eigenvalue weighted by Gasteiger charge is -2.31. The Kier molecular flexibility index (Phi) is 6.33. The van der Waals surface area contributed by atoms with Crippen molar-refractivity contribution >= 4 is 57.4 Å². The van der Waals surface area contributed by atoms with E-state index in [1.54, 1.807) is 24.4 Å². The van der Waals surface area contributed by atoms with Gasteiger partial charge < -0.3 is 4.90 Å². The molecule has 2 aliphatic rings. The molecule has 38 heavy (non-hydrogen) atoms. The van der Waals surface area contributed by atoms with Crippen molar-refractivity contribution in [3.05, 3.63) is 110 Å². The lowest BCUT2D eigenvalue weighted by atomic mass is 10.0. The Morgan fingerprint density at radius 3 is 2.68 bits per heavy atom. The number of halogens is 1. The van der Waals surface area contributed by atoms with Gasteiger partial charge in [0.25, 0.3) is 11.5 Å². The molecule has 1 amide bonds. The molecule has 0 saturated carbocycles. The number of thioether (sulfide) groups is 1. The van der Waals surface area contributed by atoms with E-state index >= 15 is 0 Å². The standard InChI is InChI=1S/C29H23FN4O2S2/c1-18-8-13-25-31-26(32-14-4-6-20-5-2-3-7-23(20)32)22(27(35)33(25)16-18)15-24-28(36)34(29(37)38-24)17-19-9-11-21(30)12-10-19/h2-3,5,7-13,15-16H,4,6,14,17H2,1H3/b24-15+. The summed E-state index contributed by atoms with van der Waals surface area (Å²) in [5, 5.41) is 0. The number of hydrogen-bond donors (Lipinski definition) is 0. The number of anilines is 2. The van der Waals surface area contributed by atoms with Crippen LogP contribution in [0.4, 0.5) is 15.9 Å². The second-order valence-electron chi connectivity index (χ2n) is 9.37. The Morgan fingerprint density at radius 2 is 1.87 bits per heavy atom. The fraction of sp³-hybridized carbons (Fsp3) is 0.172. The van der Waals surface area contributed by atoms with Crippen LogP contribution in [-0.2, 0) is 17.8 Å². The number of benzene rings is 2. The first kappa shape index (κ1) is 24.5. The summed E-state index contributed by atoms with van der Waals surface area (Å²) < 4.78 is 15.3. The lowest BCUT2D eigenvalue weighted by Crippen LogP contribution is -2.30. The number of aromatic nitrogens is 2. The molecule has 0 unspecified atom stereocenters. The van der Waals surface area contributed by atoms with Crippen LogP contribution in [0.15, 0.2) is 76.6 Å². The second-order valence-corrected chi connectivity index (χ2v) is 11.0. The summed E-state index contributed by atoms with van der Waals surface area (Å²) in [4.78, 5) is 36.2. The topological polar surface area (TPSA) is 57.9 Å². The maximum Gasteiger partial charge on any atom is 0.267 e. The van der Waals surface area contributed by atoms with E-state index in [2.05, 4.69) is 11.0 Å². The summed E-state index contributed by atoms with van der Waals surface area (Å²) in [6, 6.07) is 17.9. The van der Waals surface area contributed by atoms with Gasteiger partial charge in [0.1, 0.15) is 21.6 Å². The molecular formula is C29H23FN4O2S2. The Labute approximate surface area is 228 Å². The van der Waals surface area contributed by atoms with Gasteiger partial charge in [0.2, 0.25) is 0 Å². The first-order valence-corrected chi connectivity index (χ1v) is 13.5. The molecule has 4 aromatic rings. The fourth-order valence-electron chi connectivity index (χ4n) is 4.87. The molecule has 9 heteroatoms. The lowest BCUT2D eigenvalue weighted by molar-refractivity contribution is -0.122. The quantitative estimate of drug-likeness (QED) is 0.246. The molecule has 0 radical (unpaired) electrons. The van der Waals surface area contributed by atoms with Crippen molar-refractivity contribution < 1.29 is 9.18 Å². The molecule has 2 aromatic carbocycles. The number of thiocarbonyl (C=S) groups is 1. The highest BCUT2D eigenvalue weighted by Gasteiger charge is 2.33. The Morgan fingerprint density at radius 1 is 1.08 bits per heavy atom. The van der Waals surface area contributed by atoms with Gasteiger partial charge in [-0.2, -0.15) is 0 Å². The van der Waals surface area contributed by atoms with E-state index in [-0.39, 0.29) is 23.8 Å². The van der Waals surface area contributed by atoms with Crippen LogP contribution >= 0.6 is 24.0 Å². The maximum atomic E-state index is 13.9. The van der Waals surface area contributed by atoms with E-state index in [1.165, 1.54) is 27.0 Å². The highest BCUT2D eigenvalue weighted by atomic mass is 32.2. The third-order valence-corrected chi connectivity index (χ3v) is 8.13. The number of aryl methyl sites for hydroxylation is 2. The van der Waals surface area contributed by atoms with Crippen LogP contribution in [0.1, 0.15) is 28.7 Å². The van der Waals surface area contributed by atoms with Crippen LogP contribution < -0.4 is 10.5 Å². The number of carbonyl (C=O) groups is 1. The minimum atomic E-state index is -0.342. The first-order valence-electron chi connectivity index (χ1n) is 12.3. The number of rotatable bonds is 4. The van der Waals surface area contributed by atoms with Crippen molar-refractivity contribution in [3.8, 4) is 0 Å². The molecule has 0 N–H and O–H groups in total. The SMILES string of the molecule is Cc1ccc2nc(N3CCCc4ccccc43)c(/C=C3/SC(=S)N(Cc4ccc(F)cc4)C3=O)c(=O)n2c1. The van der Waals surface area contributed by atoms with Crippen LogP contribution in [-0.4, -0.2) is 31.1 Å². The molecule has 2 aromatic heterocycles. The van der Waals surface area contributed by atoms with E-state index in [1.807, 2.05) is 37.3 Å². The van der Waals surface area contributed by atoms with Crippen molar-refractivity contribution in [1.82, 2.24) is 14.3 Å². The minimum absolute atomic E-state index is 0.225. The summed E-state index contributed by atoms with van der Waals surface area (Å²) in [7, 11) is 0. The zero-order valence-electron chi connectivity index (χ0n) is 20.6. The van der Waals surface area contributed by atoms with Crippen LogP contribution in [0.2, 0.25) is 0 Å². The van der Waals surface area contributed by atoms with E-state index in [9.17, 15) is 14.0 Å². The van der Waals surface area contributed by atoms with Gasteiger partial charge in [-0.25, -0.2) is 9.37 Å². The number of pyridine rings is 1. The van der Waals surface area contributed by atoms with Crippen molar-refractivity contribution in [3.63, 3.8) is 0 Å². The summed E-state index contributed by atoms with van der Waals surface area (Å²) in [5.74, 6) is -0.108. The highest BCUT2D eigenvalue weighted by molar-refractivity contribution is 8.26. The van der Waals surface area contributed by atoms with Gasteiger partial charge in [0.15, 0.2) is 0 Å². The fourth-order valence-corrected chi connectivity index (χ4v) is 6.11. The normalized spacial score (nSPS) is 16.5. The van der Waals surface area contributed by atoms with E-state index in [0.717, 1.165) is 41.4 Å². The number of carbonyl (C=O) groups excluding carboxylic acids is 1. The third-order valence-electron chi connectivity index (χ3n) is 6.75. The van der Waals surface area contributed by atoms with Crippen molar-refractivity contribution in [2.75, 3.05) is 11.4 Å². The predicted molar refractivity (Wildman–Crippen MR) is 153 cm³/mol. The zero-order valence-corrected chi connectivity index (χ0v) is 22.2. The summed E-state index contributed by atoms with van der Waals surface area (Å²) in [5.41, 5.74) is 4.53. The number of hydrogen-bond acceptors (Lipinski definition) is 6. The summed E-state index contributed by atoms with van der Waals surface area (Å²) >= 11 is 6.67. The van der Waals surface area contributed by atoms with Gasteiger partial charge in [-0.3, -0.25) is 18.9 Å². The Bertz CT molecular complexity index is 1700. The van der Waals surface area contributed by atoms with Crippen LogP contribution in [0.5, 0.6) is 0 Å². The molecule has 0 aliphatic carbocycles. The molecule has 6 rings (SSSR count). The summed E-state index contributed by atoms with van der Waals surface area (Å²) in [6.45, 7) is 2.85. The van der Waals surface area contributed by atoms with E-state index in [0.29, 0.717) is 32.8 Å². The van der Waals surface area contributed by atoms with Crippen LogP contribution in [0, 0.1) is 12.7 Å². The predicted octanol–water partition coefficient (Wildman–Crippen LogP) is 5.63. The molecular weight excluding hydrogens is 519 g/mol. The molecule has 4 heterocycles. The molecule has 0 atom stereocenters. The smallest absolute Gasteiger partial charge is 0.267 e. The van der Waals surface area contributed by atoms with Crippen LogP contribution in [0.25, 0.3) is 11.7 Å². The zero-order chi connectivity index (χ0) is 26.4. The average Bonchev–Trinajstić information content (AvgIpc) is 3.18. The molecule has 1 saturated heterocycles. The van der Waals surface area contributed by atoms with Gasteiger partial charge in [0.05, 0.1) is 17.0 Å². The van der Waals surface area contributed by atoms with Gasteiger partial charge in [-0.1, -0.05) is 60.4 Å². The van der Waals surface area contributed by atoms with Crippen molar-refractivity contribution in [1.29, 1.82) is 0 Å². The maximum absolute atomic E-state index is 13.9. The largest absolute Gasteiger partial charge is 0.325 e. The molecule has 1 fully saturated rings.